The predicted molar refractivity (Wildman–Crippen MR) is 50.8 cm³/mol. The molecule has 0 saturated heterocycles. The van der Waals surface area contributed by atoms with Gasteiger partial charge in [-0.15, -0.1) is 0 Å². The maximum Gasteiger partial charge on any atom is 0.227 e. The van der Waals surface area contributed by atoms with E-state index in [1.165, 1.54) is 0 Å². The number of carbonyl (C=O) groups is 1. The van der Waals surface area contributed by atoms with Crippen LogP contribution in [-0.2, 0) is 4.79 Å². The predicted octanol–water partition coefficient (Wildman–Crippen LogP) is 0.888. The van der Waals surface area contributed by atoms with Gasteiger partial charge < -0.3 is 11.1 Å². The van der Waals surface area contributed by atoms with Crippen LogP contribution in [0.5, 0.6) is 0 Å². The molecule has 3 nitrogen and oxygen atoms in total. The molecule has 3 N–H and O–H groups in total. The molecule has 0 aromatic carbocycles. The summed E-state index contributed by atoms with van der Waals surface area (Å²) < 4.78 is 0. The SMILES string of the molecule is CCNC(=O)C(CC)(CC)CN. The fourth-order valence-electron chi connectivity index (χ4n) is 1.30. The second kappa shape index (κ2) is 5.14. The first-order valence-corrected chi connectivity index (χ1v) is 4.65. The lowest BCUT2D eigenvalue weighted by Crippen LogP contribution is -2.45. The molecule has 0 spiro atoms. The largest absolute Gasteiger partial charge is 0.356 e. The minimum Gasteiger partial charge on any atom is -0.356 e. The highest BCUT2D eigenvalue weighted by Crippen LogP contribution is 2.24. The summed E-state index contributed by atoms with van der Waals surface area (Å²) in [5.41, 5.74) is 5.26. The first-order valence-electron chi connectivity index (χ1n) is 4.65. The van der Waals surface area contributed by atoms with E-state index in [2.05, 4.69) is 5.32 Å². The summed E-state index contributed by atoms with van der Waals surface area (Å²) in [6.45, 7) is 7.05. The molecule has 0 heterocycles. The molecule has 0 radical (unpaired) electrons. The third-order valence-corrected chi connectivity index (χ3v) is 2.56. The summed E-state index contributed by atoms with van der Waals surface area (Å²) in [6.07, 6.45) is 1.62. The normalized spacial score (nSPS) is 11.3. The van der Waals surface area contributed by atoms with E-state index < -0.39 is 0 Å². The van der Waals surface area contributed by atoms with Crippen molar-refractivity contribution in [1.82, 2.24) is 5.32 Å². The maximum absolute atomic E-state index is 11.6. The van der Waals surface area contributed by atoms with Gasteiger partial charge in [-0.2, -0.15) is 0 Å². The summed E-state index contributed by atoms with van der Waals surface area (Å²) in [5.74, 6) is 0.0949. The van der Waals surface area contributed by atoms with Gasteiger partial charge in [-0.25, -0.2) is 0 Å². The first-order chi connectivity index (χ1) is 5.66. The Morgan fingerprint density at radius 3 is 2.08 bits per heavy atom. The number of hydrogen-bond acceptors (Lipinski definition) is 2. The monoisotopic (exact) mass is 172 g/mol. The van der Waals surface area contributed by atoms with Crippen molar-refractivity contribution in [2.75, 3.05) is 13.1 Å². The van der Waals surface area contributed by atoms with Crippen LogP contribution >= 0.6 is 0 Å². The molecule has 1 amide bonds. The molecule has 0 rings (SSSR count). The van der Waals surface area contributed by atoms with E-state index in [0.29, 0.717) is 13.1 Å². The van der Waals surface area contributed by atoms with E-state index in [9.17, 15) is 4.79 Å². The van der Waals surface area contributed by atoms with Gasteiger partial charge in [0.2, 0.25) is 5.91 Å². The molecular weight excluding hydrogens is 152 g/mol. The lowest BCUT2D eigenvalue weighted by atomic mass is 9.81. The molecule has 0 unspecified atom stereocenters. The molecule has 0 aliphatic carbocycles. The zero-order valence-electron chi connectivity index (χ0n) is 8.31. The van der Waals surface area contributed by atoms with Gasteiger partial charge in [0.15, 0.2) is 0 Å². The van der Waals surface area contributed by atoms with Gasteiger partial charge in [0, 0.05) is 13.1 Å². The third kappa shape index (κ3) is 2.21. The molecule has 3 heteroatoms. The first kappa shape index (κ1) is 11.4. The Bertz CT molecular complexity index is 133. The van der Waals surface area contributed by atoms with Crippen LogP contribution in [0.25, 0.3) is 0 Å². The Hall–Kier alpha value is -0.570. The van der Waals surface area contributed by atoms with Crippen LogP contribution in [0.15, 0.2) is 0 Å². The van der Waals surface area contributed by atoms with Crippen molar-refractivity contribution in [2.24, 2.45) is 11.1 Å². The van der Waals surface area contributed by atoms with Gasteiger partial charge in [0.25, 0.3) is 0 Å². The number of hydrogen-bond donors (Lipinski definition) is 2. The average molecular weight is 172 g/mol. The summed E-state index contributed by atoms with van der Waals surface area (Å²) in [6, 6.07) is 0. The second-order valence-electron chi connectivity index (χ2n) is 3.05. The Labute approximate surface area is 74.7 Å². The van der Waals surface area contributed by atoms with Gasteiger partial charge in [-0.05, 0) is 19.8 Å². The molecule has 0 atom stereocenters. The van der Waals surface area contributed by atoms with Crippen molar-refractivity contribution in [3.63, 3.8) is 0 Å². The molecule has 0 aromatic heterocycles. The highest BCUT2D eigenvalue weighted by Gasteiger charge is 2.32. The van der Waals surface area contributed by atoms with Gasteiger partial charge in [-0.3, -0.25) is 4.79 Å². The second-order valence-corrected chi connectivity index (χ2v) is 3.05. The van der Waals surface area contributed by atoms with Crippen LogP contribution in [0, 0.1) is 5.41 Å². The zero-order valence-corrected chi connectivity index (χ0v) is 8.31. The lowest BCUT2D eigenvalue weighted by molar-refractivity contribution is -0.130. The summed E-state index contributed by atoms with van der Waals surface area (Å²) in [7, 11) is 0. The van der Waals surface area contributed by atoms with E-state index >= 15 is 0 Å². The van der Waals surface area contributed by atoms with Gasteiger partial charge in [0.05, 0.1) is 5.41 Å². The van der Waals surface area contributed by atoms with Crippen LogP contribution in [-0.4, -0.2) is 19.0 Å². The molecule has 0 aliphatic heterocycles. The zero-order chi connectivity index (χ0) is 9.61. The number of nitrogens with two attached hydrogens (primary N) is 1. The Morgan fingerprint density at radius 2 is 1.83 bits per heavy atom. The lowest BCUT2D eigenvalue weighted by Gasteiger charge is -2.28. The van der Waals surface area contributed by atoms with E-state index in [1.54, 1.807) is 0 Å². The Morgan fingerprint density at radius 1 is 1.33 bits per heavy atom. The number of rotatable bonds is 5. The Balaban J connectivity index is 4.36. The molecule has 0 bridgehead atoms. The van der Waals surface area contributed by atoms with Crippen LogP contribution in [0.4, 0.5) is 0 Å². The number of carbonyl (C=O) groups excluding carboxylic acids is 1. The highest BCUT2D eigenvalue weighted by atomic mass is 16.2. The molecular formula is C9H20N2O. The van der Waals surface area contributed by atoms with Crippen molar-refractivity contribution in [3.8, 4) is 0 Å². The average Bonchev–Trinajstić information content (AvgIpc) is 2.09. The van der Waals surface area contributed by atoms with E-state index in [1.807, 2.05) is 20.8 Å². The minimum absolute atomic E-state index is 0.0949. The van der Waals surface area contributed by atoms with Crippen LogP contribution in [0.1, 0.15) is 33.6 Å². The smallest absolute Gasteiger partial charge is 0.227 e. The molecule has 0 saturated carbocycles. The van der Waals surface area contributed by atoms with Crippen LogP contribution in [0.2, 0.25) is 0 Å². The number of amides is 1. The number of nitrogens with one attached hydrogen (secondary N) is 1. The Kier molecular flexibility index (Phi) is 4.90. The summed E-state index contributed by atoms with van der Waals surface area (Å²) in [4.78, 5) is 11.6. The molecule has 0 aliphatic rings. The van der Waals surface area contributed by atoms with Gasteiger partial charge in [0.1, 0.15) is 0 Å². The maximum atomic E-state index is 11.6. The van der Waals surface area contributed by atoms with Crippen molar-refractivity contribution in [1.29, 1.82) is 0 Å². The van der Waals surface area contributed by atoms with Crippen molar-refractivity contribution in [3.05, 3.63) is 0 Å². The minimum atomic E-state index is -0.337. The molecule has 72 valence electrons. The molecule has 0 aromatic rings. The van der Waals surface area contributed by atoms with Gasteiger partial charge >= 0.3 is 0 Å². The van der Waals surface area contributed by atoms with Crippen molar-refractivity contribution >= 4 is 5.91 Å². The van der Waals surface area contributed by atoms with Gasteiger partial charge in [-0.1, -0.05) is 13.8 Å². The third-order valence-electron chi connectivity index (χ3n) is 2.56. The molecule has 12 heavy (non-hydrogen) atoms. The summed E-state index contributed by atoms with van der Waals surface area (Å²) >= 11 is 0. The summed E-state index contributed by atoms with van der Waals surface area (Å²) in [5, 5.41) is 2.82. The van der Waals surface area contributed by atoms with E-state index in [4.69, 9.17) is 5.73 Å². The fraction of sp³-hybridized carbons (Fsp3) is 0.889. The topological polar surface area (TPSA) is 55.1 Å². The fourth-order valence-corrected chi connectivity index (χ4v) is 1.30. The highest BCUT2D eigenvalue weighted by molar-refractivity contribution is 5.82. The standard InChI is InChI=1S/C9H20N2O/c1-4-9(5-2,7-10)8(12)11-6-3/h4-7,10H2,1-3H3,(H,11,12). The van der Waals surface area contributed by atoms with Crippen molar-refractivity contribution in [2.45, 2.75) is 33.6 Å². The van der Waals surface area contributed by atoms with Crippen molar-refractivity contribution < 1.29 is 4.79 Å². The van der Waals surface area contributed by atoms with Crippen LogP contribution < -0.4 is 11.1 Å². The van der Waals surface area contributed by atoms with E-state index in [-0.39, 0.29) is 11.3 Å². The van der Waals surface area contributed by atoms with E-state index in [0.717, 1.165) is 12.8 Å². The molecule has 0 fully saturated rings. The quantitative estimate of drug-likeness (QED) is 0.647. The van der Waals surface area contributed by atoms with Crippen LogP contribution in [0.3, 0.4) is 0 Å².